The average molecular weight is 608 g/mol. The molecule has 1 saturated carbocycles. The Labute approximate surface area is 235 Å². The van der Waals surface area contributed by atoms with Crippen molar-refractivity contribution in [1.29, 1.82) is 0 Å². The first kappa shape index (κ1) is 29.1. The molecular formula is C29H50ClGeN3PSi. The molecule has 1 radical (unpaired) electrons. The molecule has 3 aliphatic rings. The first-order valence-corrected chi connectivity index (χ1v) is 22.4. The van der Waals surface area contributed by atoms with E-state index >= 15 is 0 Å². The van der Waals surface area contributed by atoms with Crippen LogP contribution in [0.4, 0.5) is 5.69 Å². The van der Waals surface area contributed by atoms with E-state index in [0.717, 1.165) is 5.92 Å². The van der Waals surface area contributed by atoms with Crippen molar-refractivity contribution in [3.05, 3.63) is 40.3 Å². The van der Waals surface area contributed by atoms with Crippen LogP contribution in [-0.4, -0.2) is 42.9 Å². The van der Waals surface area contributed by atoms with Gasteiger partial charge in [0.15, 0.2) is 0 Å². The molecule has 4 rings (SSSR count). The van der Waals surface area contributed by atoms with Crippen molar-refractivity contribution >= 4 is 47.0 Å². The van der Waals surface area contributed by atoms with Crippen LogP contribution in [-0.2, 0) is 0 Å². The van der Waals surface area contributed by atoms with Gasteiger partial charge in [0.1, 0.15) is 0 Å². The summed E-state index contributed by atoms with van der Waals surface area (Å²) in [5.41, 5.74) is 6.43. The molecule has 0 N–H and O–H groups in total. The summed E-state index contributed by atoms with van der Waals surface area (Å²) in [6.07, 6.45) is 4.04. The Morgan fingerprint density at radius 2 is 1.39 bits per heavy atom. The van der Waals surface area contributed by atoms with Gasteiger partial charge >= 0.3 is 236 Å². The van der Waals surface area contributed by atoms with Gasteiger partial charge in [0, 0.05) is 0 Å². The third kappa shape index (κ3) is 4.72. The predicted octanol–water partition coefficient (Wildman–Crippen LogP) is 9.11. The van der Waals surface area contributed by atoms with Gasteiger partial charge in [0.2, 0.25) is 0 Å². The number of hydrogen-bond acceptors (Lipinski definition) is 3. The van der Waals surface area contributed by atoms with E-state index in [1.165, 1.54) is 36.1 Å². The van der Waals surface area contributed by atoms with E-state index in [-0.39, 0.29) is 11.1 Å². The van der Waals surface area contributed by atoms with E-state index in [4.69, 9.17) is 10.0 Å². The summed E-state index contributed by atoms with van der Waals surface area (Å²) in [6, 6.07) is 7.00. The standard InChI is InChI=1S/C29H50ClGeN3PSi/c1-19(2)23-14-13-15-24(20(3)4)26(23)32(31-30)25-21-16-17-22(18-21)27(25)35-33(28(5,6)7)36(11,12)34(35)29(8,9)10/h13-15,19-22,31H,16-18H2,1-12H3. The summed E-state index contributed by atoms with van der Waals surface area (Å²) in [5.74, 6) is 2.38. The Hall–Kier alpha value is 0.160. The first-order valence-electron chi connectivity index (χ1n) is 14.0. The maximum atomic E-state index is 7.15. The molecule has 1 aromatic carbocycles. The van der Waals surface area contributed by atoms with E-state index < -0.39 is 31.3 Å². The van der Waals surface area contributed by atoms with Crippen molar-refractivity contribution in [2.24, 2.45) is 11.8 Å². The maximum absolute atomic E-state index is 7.15. The van der Waals surface area contributed by atoms with Crippen LogP contribution in [0.2, 0.25) is 13.1 Å². The number of hydrogen-bond donors (Lipinski definition) is 0. The van der Waals surface area contributed by atoms with Crippen molar-refractivity contribution in [3.8, 4) is 0 Å². The molecule has 3 nitrogen and oxygen atoms in total. The van der Waals surface area contributed by atoms with Crippen LogP contribution >= 0.6 is 18.2 Å². The minimum absolute atomic E-state index is 0.173. The van der Waals surface area contributed by atoms with E-state index in [0.29, 0.717) is 17.8 Å². The van der Waals surface area contributed by atoms with Gasteiger partial charge in [-0.05, 0) is 0 Å². The van der Waals surface area contributed by atoms with E-state index in [1.54, 1.807) is 11.0 Å². The summed E-state index contributed by atoms with van der Waals surface area (Å²) in [6.45, 7) is 29.2. The fourth-order valence-electron chi connectivity index (χ4n) is 7.52. The van der Waals surface area contributed by atoms with Crippen LogP contribution in [0.5, 0.6) is 0 Å². The third-order valence-electron chi connectivity index (χ3n) is 8.31. The Balaban J connectivity index is 1.97. The third-order valence-corrected chi connectivity index (χ3v) is 21.3. The molecule has 0 spiro atoms. The summed E-state index contributed by atoms with van der Waals surface area (Å²) in [4.78, 5) is 0. The van der Waals surface area contributed by atoms with Gasteiger partial charge in [-0.1, -0.05) is 0 Å². The molecule has 2 fully saturated rings. The second kappa shape index (κ2) is 9.97. The summed E-state index contributed by atoms with van der Waals surface area (Å²) >= 11 is -1.16. The molecule has 7 heteroatoms. The molecule has 2 atom stereocenters. The van der Waals surface area contributed by atoms with Gasteiger partial charge < -0.3 is 0 Å². The molecule has 2 bridgehead atoms. The quantitative estimate of drug-likeness (QED) is 0.236. The zero-order valence-corrected chi connectivity index (χ0v) is 30.0. The van der Waals surface area contributed by atoms with Crippen molar-refractivity contribution in [2.75, 3.05) is 3.86 Å². The molecule has 36 heavy (non-hydrogen) atoms. The summed E-state index contributed by atoms with van der Waals surface area (Å²) in [7, 11) is 4.93. The van der Waals surface area contributed by atoms with Crippen molar-refractivity contribution in [1.82, 2.24) is 8.67 Å². The fraction of sp³-hybridized carbons (Fsp3) is 0.724. The average Bonchev–Trinajstić information content (AvgIpc) is 3.32. The summed E-state index contributed by atoms with van der Waals surface area (Å²) in [5, 5.41) is 1.80. The van der Waals surface area contributed by atoms with Gasteiger partial charge in [-0.15, -0.1) is 0 Å². The van der Waals surface area contributed by atoms with E-state index in [9.17, 15) is 0 Å². The van der Waals surface area contributed by atoms with Gasteiger partial charge in [-0.3, -0.25) is 0 Å². The second-order valence-corrected chi connectivity index (χ2v) is 23.3. The molecule has 1 aliphatic heterocycles. The van der Waals surface area contributed by atoms with Gasteiger partial charge in [0.05, 0.1) is 0 Å². The number of rotatable bonds is 6. The van der Waals surface area contributed by atoms with Crippen molar-refractivity contribution in [2.45, 2.75) is 125 Å². The zero-order valence-electron chi connectivity index (χ0n) is 24.9. The SMILES string of the molecule is CC(C)c1cccc(C(C)C)c1[N]([GeH][Cl])C1=C(P2N(C(C)(C)C)[Si](C)(C)N2C(C)(C)C)C2CCC1C2. The fourth-order valence-corrected chi connectivity index (χ4v) is 21.7. The zero-order chi connectivity index (χ0) is 27.0. The van der Waals surface area contributed by atoms with Crippen LogP contribution < -0.4 is 3.86 Å². The topological polar surface area (TPSA) is 9.72 Å². The van der Waals surface area contributed by atoms with Crippen LogP contribution in [0.15, 0.2) is 29.2 Å². The van der Waals surface area contributed by atoms with E-state index in [2.05, 4.69) is 113 Å². The molecular weight excluding hydrogens is 557 g/mol. The Morgan fingerprint density at radius 1 is 0.917 bits per heavy atom. The van der Waals surface area contributed by atoms with Crippen LogP contribution in [0.1, 0.15) is 111 Å². The van der Waals surface area contributed by atoms with Crippen molar-refractivity contribution in [3.63, 3.8) is 0 Å². The van der Waals surface area contributed by atoms with Crippen LogP contribution in [0.3, 0.4) is 0 Å². The predicted molar refractivity (Wildman–Crippen MR) is 166 cm³/mol. The number of fused-ring (bicyclic) bond motifs is 2. The number of benzene rings is 1. The normalized spacial score (nSPS) is 25.4. The van der Waals surface area contributed by atoms with Gasteiger partial charge in [0.25, 0.3) is 0 Å². The number of para-hydroxylation sites is 1. The molecule has 201 valence electrons. The second-order valence-electron chi connectivity index (χ2n) is 14.3. The number of allylic oxidation sites excluding steroid dienone is 2. The first-order chi connectivity index (χ1) is 16.5. The van der Waals surface area contributed by atoms with E-state index in [1.807, 2.05) is 0 Å². The molecule has 2 unspecified atom stereocenters. The van der Waals surface area contributed by atoms with Crippen LogP contribution in [0.25, 0.3) is 0 Å². The Morgan fingerprint density at radius 3 is 1.81 bits per heavy atom. The Bertz CT molecular complexity index is 976. The number of nitrogens with zero attached hydrogens (tertiary/aromatic N) is 3. The molecule has 0 amide bonds. The molecule has 2 aliphatic carbocycles. The van der Waals surface area contributed by atoms with Gasteiger partial charge in [-0.2, -0.15) is 0 Å². The van der Waals surface area contributed by atoms with Gasteiger partial charge in [-0.25, -0.2) is 0 Å². The monoisotopic (exact) mass is 608 g/mol. The Kier molecular flexibility index (Phi) is 8.07. The van der Waals surface area contributed by atoms with Crippen molar-refractivity contribution < 1.29 is 0 Å². The van der Waals surface area contributed by atoms with Crippen LogP contribution in [0, 0.1) is 11.8 Å². The molecule has 1 heterocycles. The molecule has 1 aromatic rings. The minimum atomic E-state index is -1.73. The number of anilines is 1. The summed E-state index contributed by atoms with van der Waals surface area (Å²) < 4.78 is 8.75. The molecule has 0 aromatic heterocycles. The molecule has 1 saturated heterocycles. The number of halogens is 1.